The van der Waals surface area contributed by atoms with E-state index in [1.807, 2.05) is 20.0 Å². The second-order valence-electron chi connectivity index (χ2n) is 4.54. The van der Waals surface area contributed by atoms with Gasteiger partial charge in [-0.1, -0.05) is 18.2 Å². The van der Waals surface area contributed by atoms with E-state index in [4.69, 9.17) is 0 Å². The molecule has 4 nitrogen and oxygen atoms in total. The minimum absolute atomic E-state index is 0.0268. The molecule has 1 heterocycles. The third-order valence-corrected chi connectivity index (χ3v) is 5.15. The Bertz CT molecular complexity index is 473. The molecule has 94 valence electrons. The first-order valence-electron chi connectivity index (χ1n) is 5.77. The molecular weight excluding hydrogens is 236 g/mol. The molecule has 1 aromatic rings. The van der Waals surface area contributed by atoms with E-state index in [-0.39, 0.29) is 6.04 Å². The van der Waals surface area contributed by atoms with E-state index in [1.165, 1.54) is 0 Å². The van der Waals surface area contributed by atoms with Crippen LogP contribution in [-0.2, 0) is 10.0 Å². The lowest BCUT2D eigenvalue weighted by Gasteiger charge is -2.37. The van der Waals surface area contributed by atoms with Gasteiger partial charge >= 0.3 is 0 Å². The van der Waals surface area contributed by atoms with Crippen LogP contribution in [0.4, 0.5) is 0 Å². The van der Waals surface area contributed by atoms with Crippen LogP contribution in [0.1, 0.15) is 6.92 Å². The van der Waals surface area contributed by atoms with Gasteiger partial charge in [-0.3, -0.25) is 0 Å². The zero-order valence-electron chi connectivity index (χ0n) is 10.2. The fraction of sp³-hybridized carbons (Fsp3) is 0.500. The molecule has 0 saturated carbocycles. The van der Waals surface area contributed by atoms with Gasteiger partial charge in [-0.2, -0.15) is 4.31 Å². The average Bonchev–Trinajstić information content (AvgIpc) is 2.29. The van der Waals surface area contributed by atoms with Crippen molar-refractivity contribution in [2.24, 2.45) is 0 Å². The highest BCUT2D eigenvalue weighted by atomic mass is 32.2. The number of nitrogens with zero attached hydrogens (tertiary/aromatic N) is 2. The highest BCUT2D eigenvalue weighted by molar-refractivity contribution is 7.89. The van der Waals surface area contributed by atoms with Gasteiger partial charge < -0.3 is 4.90 Å². The van der Waals surface area contributed by atoms with E-state index >= 15 is 0 Å². The van der Waals surface area contributed by atoms with Gasteiger partial charge in [0, 0.05) is 25.7 Å². The van der Waals surface area contributed by atoms with Crippen LogP contribution in [-0.4, -0.2) is 50.3 Å². The Balaban J connectivity index is 2.28. The van der Waals surface area contributed by atoms with E-state index in [0.29, 0.717) is 11.4 Å². The van der Waals surface area contributed by atoms with Crippen LogP contribution in [0.15, 0.2) is 35.2 Å². The maximum atomic E-state index is 12.4. The van der Waals surface area contributed by atoms with Gasteiger partial charge in [-0.15, -0.1) is 0 Å². The molecule has 1 aliphatic heterocycles. The van der Waals surface area contributed by atoms with Crippen LogP contribution in [0, 0.1) is 0 Å². The summed E-state index contributed by atoms with van der Waals surface area (Å²) < 4.78 is 26.4. The molecule has 1 saturated heterocycles. The van der Waals surface area contributed by atoms with Crippen LogP contribution < -0.4 is 0 Å². The Labute approximate surface area is 103 Å². The van der Waals surface area contributed by atoms with Crippen molar-refractivity contribution in [3.63, 3.8) is 0 Å². The van der Waals surface area contributed by atoms with Crippen molar-refractivity contribution < 1.29 is 8.42 Å². The molecule has 17 heavy (non-hydrogen) atoms. The fourth-order valence-electron chi connectivity index (χ4n) is 2.21. The molecule has 2 rings (SSSR count). The van der Waals surface area contributed by atoms with E-state index in [1.54, 1.807) is 28.6 Å². The van der Waals surface area contributed by atoms with Gasteiger partial charge in [0.2, 0.25) is 10.0 Å². The fourth-order valence-corrected chi connectivity index (χ4v) is 3.84. The van der Waals surface area contributed by atoms with Gasteiger partial charge in [-0.05, 0) is 26.1 Å². The molecule has 1 aliphatic rings. The average molecular weight is 254 g/mol. The maximum Gasteiger partial charge on any atom is 0.243 e. The van der Waals surface area contributed by atoms with E-state index < -0.39 is 10.0 Å². The first-order valence-corrected chi connectivity index (χ1v) is 7.21. The Kier molecular flexibility index (Phi) is 3.51. The maximum absolute atomic E-state index is 12.4. The summed E-state index contributed by atoms with van der Waals surface area (Å²) in [4.78, 5) is 2.54. The molecule has 0 N–H and O–H groups in total. The molecule has 5 heteroatoms. The number of piperazine rings is 1. The number of hydrogen-bond acceptors (Lipinski definition) is 3. The smallest absolute Gasteiger partial charge is 0.243 e. The predicted octanol–water partition coefficient (Wildman–Crippen LogP) is 1.01. The number of likely N-dealkylation sites (N-methyl/N-ethyl adjacent to an activating group) is 1. The van der Waals surface area contributed by atoms with Crippen molar-refractivity contribution in [2.75, 3.05) is 26.7 Å². The summed E-state index contributed by atoms with van der Waals surface area (Å²) in [6.45, 7) is 4.09. The summed E-state index contributed by atoms with van der Waals surface area (Å²) in [5.74, 6) is 0. The molecule has 1 fully saturated rings. The van der Waals surface area contributed by atoms with E-state index in [0.717, 1.165) is 13.1 Å². The predicted molar refractivity (Wildman–Crippen MR) is 67.3 cm³/mol. The minimum atomic E-state index is -3.33. The van der Waals surface area contributed by atoms with Gasteiger partial charge in [0.05, 0.1) is 4.90 Å². The van der Waals surface area contributed by atoms with Gasteiger partial charge in [0.1, 0.15) is 0 Å². The lowest BCUT2D eigenvalue weighted by Crippen LogP contribution is -2.52. The zero-order chi connectivity index (χ0) is 12.5. The molecule has 1 atom stereocenters. The summed E-state index contributed by atoms with van der Waals surface area (Å²) >= 11 is 0. The quantitative estimate of drug-likeness (QED) is 0.791. The molecule has 0 amide bonds. The Hall–Kier alpha value is -0.910. The minimum Gasteiger partial charge on any atom is -0.303 e. The summed E-state index contributed by atoms with van der Waals surface area (Å²) in [6.07, 6.45) is 0. The second kappa shape index (κ2) is 4.76. The normalized spacial score (nSPS) is 23.8. The van der Waals surface area contributed by atoms with Crippen molar-refractivity contribution in [1.29, 1.82) is 0 Å². The molecule has 1 unspecified atom stereocenters. The third kappa shape index (κ3) is 2.51. The van der Waals surface area contributed by atoms with E-state index in [9.17, 15) is 8.42 Å². The molecule has 0 radical (unpaired) electrons. The van der Waals surface area contributed by atoms with Gasteiger partial charge in [0.25, 0.3) is 0 Å². The molecule has 0 spiro atoms. The lowest BCUT2D eigenvalue weighted by atomic mass is 10.2. The van der Waals surface area contributed by atoms with Crippen molar-refractivity contribution >= 4 is 10.0 Å². The number of rotatable bonds is 2. The summed E-state index contributed by atoms with van der Waals surface area (Å²) in [5.41, 5.74) is 0. The summed E-state index contributed by atoms with van der Waals surface area (Å²) in [6, 6.07) is 8.67. The highest BCUT2D eigenvalue weighted by Crippen LogP contribution is 2.20. The molecule has 0 bridgehead atoms. The SMILES string of the molecule is CC1CN(C)CCN1S(=O)(=O)c1ccccc1. The van der Waals surface area contributed by atoms with Crippen LogP contribution >= 0.6 is 0 Å². The zero-order valence-corrected chi connectivity index (χ0v) is 11.0. The van der Waals surface area contributed by atoms with Crippen LogP contribution in [0.25, 0.3) is 0 Å². The molecular formula is C12H18N2O2S. The lowest BCUT2D eigenvalue weighted by molar-refractivity contribution is 0.170. The Morgan fingerprint density at radius 1 is 1.18 bits per heavy atom. The van der Waals surface area contributed by atoms with Crippen molar-refractivity contribution in [3.8, 4) is 0 Å². The van der Waals surface area contributed by atoms with Crippen LogP contribution in [0.5, 0.6) is 0 Å². The van der Waals surface area contributed by atoms with E-state index in [2.05, 4.69) is 4.90 Å². The number of hydrogen-bond donors (Lipinski definition) is 0. The highest BCUT2D eigenvalue weighted by Gasteiger charge is 2.32. The third-order valence-electron chi connectivity index (χ3n) is 3.12. The molecule has 0 aliphatic carbocycles. The van der Waals surface area contributed by atoms with Crippen LogP contribution in [0.3, 0.4) is 0 Å². The molecule has 0 aromatic heterocycles. The monoisotopic (exact) mass is 254 g/mol. The largest absolute Gasteiger partial charge is 0.303 e. The number of benzene rings is 1. The first kappa shape index (κ1) is 12.5. The van der Waals surface area contributed by atoms with Crippen molar-refractivity contribution in [3.05, 3.63) is 30.3 Å². The molecule has 1 aromatic carbocycles. The summed E-state index contributed by atoms with van der Waals surface area (Å²) in [7, 11) is -1.31. The summed E-state index contributed by atoms with van der Waals surface area (Å²) in [5, 5.41) is 0. The van der Waals surface area contributed by atoms with Crippen molar-refractivity contribution in [2.45, 2.75) is 17.9 Å². The van der Waals surface area contributed by atoms with Gasteiger partial charge in [-0.25, -0.2) is 8.42 Å². The number of sulfonamides is 1. The second-order valence-corrected chi connectivity index (χ2v) is 6.43. The Morgan fingerprint density at radius 3 is 2.41 bits per heavy atom. The topological polar surface area (TPSA) is 40.6 Å². The first-order chi connectivity index (χ1) is 8.01. The van der Waals surface area contributed by atoms with Crippen molar-refractivity contribution in [1.82, 2.24) is 9.21 Å². The van der Waals surface area contributed by atoms with Crippen LogP contribution in [0.2, 0.25) is 0 Å². The van der Waals surface area contributed by atoms with Gasteiger partial charge in [0.15, 0.2) is 0 Å². The Morgan fingerprint density at radius 2 is 1.82 bits per heavy atom. The standard InChI is InChI=1S/C12H18N2O2S/c1-11-10-13(2)8-9-14(11)17(15,16)12-6-4-3-5-7-12/h3-7,11H,8-10H2,1-2H3.